The minimum Gasteiger partial charge on any atom is -0.424 e. The van der Waals surface area contributed by atoms with Gasteiger partial charge in [0.05, 0.1) is 6.54 Å². The summed E-state index contributed by atoms with van der Waals surface area (Å²) in [7, 11) is 2.04. The molecule has 0 amide bonds. The Balaban J connectivity index is 1.91. The molecule has 1 heterocycles. The van der Waals surface area contributed by atoms with Gasteiger partial charge in [0.15, 0.2) is 0 Å². The molecule has 0 aliphatic rings. The molecule has 1 aromatic heterocycles. The Labute approximate surface area is 113 Å². The van der Waals surface area contributed by atoms with Crippen molar-refractivity contribution in [2.45, 2.75) is 20.4 Å². The molecule has 2 aromatic rings. The van der Waals surface area contributed by atoms with E-state index in [1.54, 1.807) is 6.92 Å². The fourth-order valence-corrected chi connectivity index (χ4v) is 1.99. The second-order valence-corrected chi connectivity index (χ2v) is 4.79. The summed E-state index contributed by atoms with van der Waals surface area (Å²) < 4.78 is 5.37. The van der Waals surface area contributed by atoms with Crippen molar-refractivity contribution in [3.8, 4) is 0 Å². The van der Waals surface area contributed by atoms with Gasteiger partial charge in [0.1, 0.15) is 0 Å². The van der Waals surface area contributed by atoms with Gasteiger partial charge in [0, 0.05) is 13.5 Å². The van der Waals surface area contributed by atoms with Crippen molar-refractivity contribution in [2.75, 3.05) is 13.6 Å². The third-order valence-electron chi connectivity index (χ3n) is 2.71. The molecule has 4 heteroatoms. The highest BCUT2D eigenvalue weighted by Crippen LogP contribution is 2.09. The van der Waals surface area contributed by atoms with Crippen LogP contribution >= 0.6 is 0 Å². The molecule has 0 aliphatic heterocycles. The fraction of sp³-hybridized carbons (Fsp3) is 0.333. The van der Waals surface area contributed by atoms with Crippen LogP contribution in [0.2, 0.25) is 0 Å². The number of aromatic nitrogens is 2. The van der Waals surface area contributed by atoms with Gasteiger partial charge in [0.2, 0.25) is 11.8 Å². The molecule has 4 nitrogen and oxygen atoms in total. The maximum Gasteiger partial charge on any atom is 0.230 e. The highest BCUT2D eigenvalue weighted by atomic mass is 16.4. The molecule has 0 radical (unpaired) electrons. The Morgan fingerprint density at radius 1 is 1.26 bits per heavy atom. The third-order valence-corrected chi connectivity index (χ3v) is 2.71. The zero-order valence-electron chi connectivity index (χ0n) is 11.6. The lowest BCUT2D eigenvalue weighted by molar-refractivity contribution is 0.306. The van der Waals surface area contributed by atoms with Gasteiger partial charge in [-0.3, -0.25) is 4.90 Å². The van der Waals surface area contributed by atoms with Crippen LogP contribution in [0.1, 0.15) is 24.3 Å². The number of nitrogens with zero attached hydrogens (tertiary/aromatic N) is 3. The molecule has 100 valence electrons. The van der Waals surface area contributed by atoms with Gasteiger partial charge in [0.25, 0.3) is 0 Å². The van der Waals surface area contributed by atoms with E-state index in [0.29, 0.717) is 18.3 Å². The van der Waals surface area contributed by atoms with Crippen molar-refractivity contribution in [1.29, 1.82) is 0 Å². The Morgan fingerprint density at radius 2 is 2.00 bits per heavy atom. The SMILES string of the molecule is CC(=Cc1ccccc1)CN(C)Cc1nnc(C)o1. The summed E-state index contributed by atoms with van der Waals surface area (Å²) in [6, 6.07) is 10.3. The second-order valence-electron chi connectivity index (χ2n) is 4.79. The molecule has 1 aromatic carbocycles. The second kappa shape index (κ2) is 6.29. The molecule has 0 saturated carbocycles. The summed E-state index contributed by atoms with van der Waals surface area (Å²) in [4.78, 5) is 2.15. The van der Waals surface area contributed by atoms with E-state index < -0.39 is 0 Å². The lowest BCUT2D eigenvalue weighted by Gasteiger charge is -2.14. The van der Waals surface area contributed by atoms with E-state index >= 15 is 0 Å². The van der Waals surface area contributed by atoms with E-state index in [2.05, 4.69) is 40.2 Å². The number of hydrogen-bond acceptors (Lipinski definition) is 4. The molecule has 0 atom stereocenters. The van der Waals surface area contributed by atoms with Crippen molar-refractivity contribution < 1.29 is 4.42 Å². The smallest absolute Gasteiger partial charge is 0.230 e. The van der Waals surface area contributed by atoms with Crippen molar-refractivity contribution in [3.63, 3.8) is 0 Å². The predicted octanol–water partition coefficient (Wildman–Crippen LogP) is 2.91. The molecule has 0 N–H and O–H groups in total. The minimum atomic E-state index is 0.611. The molecule has 2 rings (SSSR count). The molecule has 0 spiro atoms. The first kappa shape index (κ1) is 13.5. The first-order chi connectivity index (χ1) is 9.13. The molecular formula is C15H19N3O. The van der Waals surface area contributed by atoms with Crippen molar-refractivity contribution in [1.82, 2.24) is 15.1 Å². The highest BCUT2D eigenvalue weighted by Gasteiger charge is 2.06. The molecule has 0 aliphatic carbocycles. The Bertz CT molecular complexity index is 546. The minimum absolute atomic E-state index is 0.611. The van der Waals surface area contributed by atoms with E-state index in [-0.39, 0.29) is 0 Å². The largest absolute Gasteiger partial charge is 0.424 e. The summed E-state index contributed by atoms with van der Waals surface area (Å²) in [5.41, 5.74) is 2.52. The highest BCUT2D eigenvalue weighted by molar-refractivity contribution is 5.52. The number of aryl methyl sites for hydroxylation is 1. The monoisotopic (exact) mass is 257 g/mol. The van der Waals surface area contributed by atoms with Gasteiger partial charge in [-0.2, -0.15) is 0 Å². The zero-order chi connectivity index (χ0) is 13.7. The lowest BCUT2D eigenvalue weighted by Crippen LogP contribution is -2.20. The molecule has 0 unspecified atom stereocenters. The summed E-state index contributed by atoms with van der Waals surface area (Å²) in [5, 5.41) is 7.83. The van der Waals surface area contributed by atoms with Crippen LogP contribution in [0.25, 0.3) is 6.08 Å². The maximum absolute atomic E-state index is 5.37. The van der Waals surface area contributed by atoms with Crippen LogP contribution in [-0.2, 0) is 6.54 Å². The Hall–Kier alpha value is -1.94. The van der Waals surface area contributed by atoms with Crippen LogP contribution < -0.4 is 0 Å². The Kier molecular flexibility index (Phi) is 4.47. The lowest BCUT2D eigenvalue weighted by atomic mass is 10.1. The fourth-order valence-electron chi connectivity index (χ4n) is 1.99. The summed E-state index contributed by atoms with van der Waals surface area (Å²) in [6.45, 7) is 5.47. The molecular weight excluding hydrogens is 238 g/mol. The van der Waals surface area contributed by atoms with Crippen molar-refractivity contribution in [3.05, 3.63) is 53.2 Å². The van der Waals surface area contributed by atoms with Gasteiger partial charge >= 0.3 is 0 Å². The standard InChI is InChI=1S/C15H19N3O/c1-12(9-14-7-5-4-6-8-14)10-18(3)11-15-17-16-13(2)19-15/h4-9H,10-11H2,1-3H3. The Morgan fingerprint density at radius 3 is 2.63 bits per heavy atom. The summed E-state index contributed by atoms with van der Waals surface area (Å²) >= 11 is 0. The number of benzene rings is 1. The van der Waals surface area contributed by atoms with Gasteiger partial charge < -0.3 is 4.42 Å². The van der Waals surface area contributed by atoms with Crippen LogP contribution in [0.3, 0.4) is 0 Å². The summed E-state index contributed by atoms with van der Waals surface area (Å²) in [5.74, 6) is 1.27. The maximum atomic E-state index is 5.37. The van der Waals surface area contributed by atoms with Crippen LogP contribution in [0.5, 0.6) is 0 Å². The zero-order valence-corrected chi connectivity index (χ0v) is 11.6. The van der Waals surface area contributed by atoms with Crippen LogP contribution in [0.15, 0.2) is 40.3 Å². The quantitative estimate of drug-likeness (QED) is 0.826. The molecule has 0 bridgehead atoms. The van der Waals surface area contributed by atoms with Gasteiger partial charge in [-0.25, -0.2) is 0 Å². The number of likely N-dealkylation sites (N-methyl/N-ethyl adjacent to an activating group) is 1. The van der Waals surface area contributed by atoms with Crippen molar-refractivity contribution >= 4 is 6.08 Å². The van der Waals surface area contributed by atoms with Gasteiger partial charge in [-0.05, 0) is 19.5 Å². The van der Waals surface area contributed by atoms with Crippen LogP contribution in [-0.4, -0.2) is 28.7 Å². The summed E-state index contributed by atoms with van der Waals surface area (Å²) in [6.07, 6.45) is 2.19. The first-order valence-electron chi connectivity index (χ1n) is 6.33. The number of rotatable bonds is 5. The van der Waals surface area contributed by atoms with Crippen molar-refractivity contribution in [2.24, 2.45) is 0 Å². The molecule has 0 saturated heterocycles. The molecule has 19 heavy (non-hydrogen) atoms. The van der Waals surface area contributed by atoms with E-state index in [4.69, 9.17) is 4.42 Å². The molecule has 0 fully saturated rings. The van der Waals surface area contributed by atoms with E-state index in [0.717, 1.165) is 6.54 Å². The first-order valence-corrected chi connectivity index (χ1v) is 6.33. The third kappa shape index (κ3) is 4.34. The normalized spacial score (nSPS) is 12.1. The van der Waals surface area contributed by atoms with E-state index in [1.807, 2.05) is 25.2 Å². The van der Waals surface area contributed by atoms with Crippen LogP contribution in [0.4, 0.5) is 0 Å². The van der Waals surface area contributed by atoms with Crippen LogP contribution in [0, 0.1) is 6.92 Å². The average Bonchev–Trinajstić information content (AvgIpc) is 2.75. The van der Waals surface area contributed by atoms with E-state index in [1.165, 1.54) is 11.1 Å². The predicted molar refractivity (Wildman–Crippen MR) is 75.5 cm³/mol. The average molecular weight is 257 g/mol. The topological polar surface area (TPSA) is 42.2 Å². The number of hydrogen-bond donors (Lipinski definition) is 0. The van der Waals surface area contributed by atoms with E-state index in [9.17, 15) is 0 Å². The van der Waals surface area contributed by atoms with Gasteiger partial charge in [-0.15, -0.1) is 10.2 Å². The van der Waals surface area contributed by atoms with Gasteiger partial charge in [-0.1, -0.05) is 42.0 Å².